The Kier molecular flexibility index (Phi) is 4.57. The Balaban J connectivity index is 1.65. The summed E-state index contributed by atoms with van der Waals surface area (Å²) in [4.78, 5) is 2.49. The summed E-state index contributed by atoms with van der Waals surface area (Å²) in [7, 11) is 0. The molecule has 2 aromatic carbocycles. The molecule has 0 aromatic heterocycles. The topological polar surface area (TPSA) is 21.7 Å². The number of para-hydroxylation sites is 1. The average Bonchev–Trinajstić information content (AvgIpc) is 3.05. The molecule has 2 heterocycles. The van der Waals surface area contributed by atoms with Crippen molar-refractivity contribution in [1.82, 2.24) is 4.90 Å². The number of benzene rings is 2. The number of halogens is 2. The minimum atomic E-state index is -0.0553. The molecule has 0 spiro atoms. The lowest BCUT2D eigenvalue weighted by atomic mass is 10.1. The molecule has 1 saturated heterocycles. The molecule has 0 bridgehead atoms. The Morgan fingerprint density at radius 2 is 1.67 bits per heavy atom. The van der Waals surface area contributed by atoms with Gasteiger partial charge in [0.05, 0.1) is 10.0 Å². The van der Waals surface area contributed by atoms with E-state index in [1.165, 1.54) is 25.9 Å². The number of hydrogen-bond donors (Lipinski definition) is 0. The fraction of sp³-hybridized carbons (Fsp3) is 0.368. The first-order valence-corrected chi connectivity index (χ1v) is 9.11. The molecule has 1 fully saturated rings. The van der Waals surface area contributed by atoms with Gasteiger partial charge in [0.15, 0.2) is 11.5 Å². The maximum absolute atomic E-state index is 6.28. The van der Waals surface area contributed by atoms with Crippen molar-refractivity contribution in [2.24, 2.45) is 0 Å². The van der Waals surface area contributed by atoms with Gasteiger partial charge < -0.3 is 14.4 Å². The molecule has 0 aliphatic carbocycles. The Morgan fingerprint density at radius 3 is 2.46 bits per heavy atom. The van der Waals surface area contributed by atoms with Crippen LogP contribution in [0.4, 0.5) is 0 Å². The highest BCUT2D eigenvalue weighted by Crippen LogP contribution is 2.45. The van der Waals surface area contributed by atoms with Gasteiger partial charge in [-0.2, -0.15) is 0 Å². The zero-order valence-corrected chi connectivity index (χ0v) is 14.8. The van der Waals surface area contributed by atoms with Crippen LogP contribution in [0.1, 0.15) is 30.9 Å². The van der Waals surface area contributed by atoms with Gasteiger partial charge in [-0.3, -0.25) is 0 Å². The summed E-state index contributed by atoms with van der Waals surface area (Å²) < 4.78 is 12.3. The van der Waals surface area contributed by atoms with Gasteiger partial charge in [0.25, 0.3) is 0 Å². The summed E-state index contributed by atoms with van der Waals surface area (Å²) in [5.41, 5.74) is 1.07. The third-order valence-corrected chi connectivity index (χ3v) is 5.37. The lowest BCUT2D eigenvalue weighted by Crippen LogP contribution is -2.23. The van der Waals surface area contributed by atoms with Crippen LogP contribution >= 0.6 is 23.2 Å². The number of hydrogen-bond acceptors (Lipinski definition) is 3. The first-order chi connectivity index (χ1) is 11.7. The van der Waals surface area contributed by atoms with Crippen LogP contribution < -0.4 is 9.47 Å². The molecular weight excluding hydrogens is 345 g/mol. The third-order valence-electron chi connectivity index (χ3n) is 4.65. The van der Waals surface area contributed by atoms with E-state index in [9.17, 15) is 0 Å². The van der Waals surface area contributed by atoms with Gasteiger partial charge in [0, 0.05) is 30.7 Å². The first kappa shape index (κ1) is 16.1. The van der Waals surface area contributed by atoms with E-state index in [0.29, 0.717) is 21.5 Å². The summed E-state index contributed by atoms with van der Waals surface area (Å²) in [6, 6.07) is 11.5. The van der Waals surface area contributed by atoms with Gasteiger partial charge >= 0.3 is 0 Å². The molecule has 2 aromatic rings. The molecule has 1 unspecified atom stereocenters. The van der Waals surface area contributed by atoms with Crippen LogP contribution in [0, 0.1) is 0 Å². The highest BCUT2D eigenvalue weighted by molar-refractivity contribution is 6.42. The largest absolute Gasteiger partial charge is 0.482 e. The molecule has 4 rings (SSSR count). The molecule has 0 N–H and O–H groups in total. The van der Waals surface area contributed by atoms with Crippen molar-refractivity contribution >= 4 is 23.2 Å². The van der Waals surface area contributed by atoms with Gasteiger partial charge in [-0.25, -0.2) is 0 Å². The zero-order chi connectivity index (χ0) is 16.5. The molecule has 3 nitrogen and oxygen atoms in total. The summed E-state index contributed by atoms with van der Waals surface area (Å²) >= 11 is 12.3. The van der Waals surface area contributed by atoms with Crippen molar-refractivity contribution in [2.45, 2.75) is 25.4 Å². The van der Waals surface area contributed by atoms with Gasteiger partial charge in [-0.15, -0.1) is 0 Å². The standard InChI is InChI=1S/C19H19Cl2NO2/c20-14-11-18-19(12-15(14)21)24-17(7-10-22-8-3-4-9-22)13-5-1-2-6-16(13)23-18/h1-2,5-6,11-12,17H,3-4,7-10H2. The highest BCUT2D eigenvalue weighted by atomic mass is 35.5. The number of nitrogens with zero attached hydrogens (tertiary/aromatic N) is 1. The molecule has 0 radical (unpaired) electrons. The molecule has 0 amide bonds. The van der Waals surface area contributed by atoms with Crippen LogP contribution in [0.2, 0.25) is 10.0 Å². The van der Waals surface area contributed by atoms with Gasteiger partial charge in [0.1, 0.15) is 11.9 Å². The van der Waals surface area contributed by atoms with Crippen molar-refractivity contribution in [2.75, 3.05) is 19.6 Å². The Morgan fingerprint density at radius 1 is 0.958 bits per heavy atom. The number of rotatable bonds is 3. The SMILES string of the molecule is Clc1cc2c(cc1Cl)OC(CCN1CCCC1)c1ccccc1O2. The van der Waals surface area contributed by atoms with E-state index >= 15 is 0 Å². The van der Waals surface area contributed by atoms with E-state index in [0.717, 1.165) is 24.3 Å². The second kappa shape index (κ2) is 6.83. The Bertz CT molecular complexity index is 744. The second-order valence-electron chi connectivity index (χ2n) is 6.30. The van der Waals surface area contributed by atoms with E-state index in [1.54, 1.807) is 12.1 Å². The number of fused-ring (bicyclic) bond motifs is 2. The zero-order valence-electron chi connectivity index (χ0n) is 13.3. The molecule has 126 valence electrons. The molecule has 1 atom stereocenters. The van der Waals surface area contributed by atoms with Crippen LogP contribution in [0.15, 0.2) is 36.4 Å². The fourth-order valence-electron chi connectivity index (χ4n) is 3.38. The minimum absolute atomic E-state index is 0.0553. The Hall–Kier alpha value is -1.42. The maximum atomic E-state index is 6.28. The van der Waals surface area contributed by atoms with E-state index in [-0.39, 0.29) is 6.10 Å². The fourth-order valence-corrected chi connectivity index (χ4v) is 3.68. The van der Waals surface area contributed by atoms with Crippen molar-refractivity contribution in [3.8, 4) is 17.2 Å². The monoisotopic (exact) mass is 363 g/mol. The molecule has 2 aliphatic heterocycles. The Labute approximate surface area is 152 Å². The number of ether oxygens (including phenoxy) is 2. The average molecular weight is 364 g/mol. The molecule has 5 heteroatoms. The lowest BCUT2D eigenvalue weighted by Gasteiger charge is -2.21. The number of likely N-dealkylation sites (tertiary alicyclic amines) is 1. The van der Waals surface area contributed by atoms with Crippen LogP contribution in [0.25, 0.3) is 0 Å². The second-order valence-corrected chi connectivity index (χ2v) is 7.11. The van der Waals surface area contributed by atoms with E-state index in [2.05, 4.69) is 11.0 Å². The van der Waals surface area contributed by atoms with E-state index in [4.69, 9.17) is 32.7 Å². The quantitative estimate of drug-likeness (QED) is 0.697. The summed E-state index contributed by atoms with van der Waals surface area (Å²) in [5, 5.41) is 0.940. The molecule has 0 saturated carbocycles. The maximum Gasteiger partial charge on any atom is 0.170 e. The molecule has 24 heavy (non-hydrogen) atoms. The van der Waals surface area contributed by atoms with Gasteiger partial charge in [-0.05, 0) is 32.0 Å². The van der Waals surface area contributed by atoms with Crippen molar-refractivity contribution in [1.29, 1.82) is 0 Å². The molecular formula is C19H19Cl2NO2. The van der Waals surface area contributed by atoms with Crippen LogP contribution in [0.5, 0.6) is 17.2 Å². The highest BCUT2D eigenvalue weighted by Gasteiger charge is 2.26. The van der Waals surface area contributed by atoms with Crippen molar-refractivity contribution in [3.05, 3.63) is 52.0 Å². The summed E-state index contributed by atoms with van der Waals surface area (Å²) in [6.45, 7) is 3.39. The first-order valence-electron chi connectivity index (χ1n) is 8.35. The van der Waals surface area contributed by atoms with Crippen molar-refractivity contribution < 1.29 is 9.47 Å². The lowest BCUT2D eigenvalue weighted by molar-refractivity contribution is 0.175. The van der Waals surface area contributed by atoms with Crippen LogP contribution in [-0.4, -0.2) is 24.5 Å². The van der Waals surface area contributed by atoms with Crippen LogP contribution in [-0.2, 0) is 0 Å². The summed E-state index contributed by atoms with van der Waals surface area (Å²) in [5.74, 6) is 2.08. The van der Waals surface area contributed by atoms with Gasteiger partial charge in [0.2, 0.25) is 0 Å². The van der Waals surface area contributed by atoms with E-state index < -0.39 is 0 Å². The third kappa shape index (κ3) is 3.21. The molecule has 2 aliphatic rings. The predicted octanol–water partition coefficient (Wildman–Crippen LogP) is 5.71. The minimum Gasteiger partial charge on any atom is -0.482 e. The smallest absolute Gasteiger partial charge is 0.170 e. The predicted molar refractivity (Wildman–Crippen MR) is 96.6 cm³/mol. The van der Waals surface area contributed by atoms with Crippen LogP contribution in [0.3, 0.4) is 0 Å². The normalized spacial score (nSPS) is 19.8. The van der Waals surface area contributed by atoms with E-state index in [1.807, 2.05) is 18.2 Å². The van der Waals surface area contributed by atoms with Gasteiger partial charge in [-0.1, -0.05) is 41.4 Å². The summed E-state index contributed by atoms with van der Waals surface area (Å²) in [6.07, 6.45) is 3.45. The van der Waals surface area contributed by atoms with Crippen molar-refractivity contribution in [3.63, 3.8) is 0 Å².